The average Bonchev–Trinajstić information content (AvgIpc) is 3.23. The van der Waals surface area contributed by atoms with Crippen molar-refractivity contribution >= 4 is 16.1 Å². The number of quaternary nitrogens is 1. The molecule has 3 rings (SSSR count). The van der Waals surface area contributed by atoms with Crippen LogP contribution in [0.4, 0.5) is 0 Å². The molecule has 1 N–H and O–H groups in total. The van der Waals surface area contributed by atoms with Gasteiger partial charge in [0.2, 0.25) is 0 Å². The summed E-state index contributed by atoms with van der Waals surface area (Å²) in [5, 5.41) is 11.4. The van der Waals surface area contributed by atoms with Gasteiger partial charge in [-0.2, -0.15) is 0 Å². The van der Waals surface area contributed by atoms with Gasteiger partial charge in [0.05, 0.1) is 30.8 Å². The highest BCUT2D eigenvalue weighted by molar-refractivity contribution is 7.84. The van der Waals surface area contributed by atoms with Crippen LogP contribution >= 0.6 is 0 Å². The van der Waals surface area contributed by atoms with Crippen molar-refractivity contribution in [2.75, 3.05) is 33.4 Å². The molecule has 2 fully saturated rings. The quantitative estimate of drug-likeness (QED) is 0.457. The molecule has 0 radical (unpaired) electrons. The van der Waals surface area contributed by atoms with E-state index in [1.807, 2.05) is 30.3 Å². The molecule has 7 nitrogen and oxygen atoms in total. The smallest absolute Gasteiger partial charge is 0.343 e. The second-order valence-corrected chi connectivity index (χ2v) is 9.88. The van der Waals surface area contributed by atoms with Crippen molar-refractivity contribution in [3.05, 3.63) is 35.9 Å². The number of benzene rings is 1. The summed E-state index contributed by atoms with van der Waals surface area (Å²) < 4.78 is 33.9. The van der Waals surface area contributed by atoms with E-state index in [4.69, 9.17) is 17.7 Å². The maximum atomic E-state index is 12.9. The van der Waals surface area contributed by atoms with Crippen LogP contribution in [-0.4, -0.2) is 68.1 Å². The molecule has 1 aromatic rings. The van der Waals surface area contributed by atoms with Crippen molar-refractivity contribution < 1.29 is 32.1 Å². The minimum absolute atomic E-state index is 0.0405. The number of esters is 1. The van der Waals surface area contributed by atoms with Gasteiger partial charge in [0, 0.05) is 18.6 Å². The molecule has 1 saturated heterocycles. The average molecular weight is 414 g/mol. The van der Waals surface area contributed by atoms with E-state index in [2.05, 4.69) is 14.1 Å². The Morgan fingerprint density at radius 3 is 2.18 bits per heavy atom. The molecule has 0 aromatic heterocycles. The summed E-state index contributed by atoms with van der Waals surface area (Å²) in [6.45, 7) is 1.83. The van der Waals surface area contributed by atoms with E-state index < -0.39 is 21.7 Å². The van der Waals surface area contributed by atoms with Crippen molar-refractivity contribution in [1.29, 1.82) is 0 Å². The SMILES string of the molecule is CS(=O)(=O)[O-].C[N+]1(C)CCC(OC(=O)C(O)(c2ccccc2)C2CCCC2)C1. The summed E-state index contributed by atoms with van der Waals surface area (Å²) >= 11 is 0. The molecule has 0 spiro atoms. The molecule has 1 saturated carbocycles. The summed E-state index contributed by atoms with van der Waals surface area (Å²) in [6, 6.07) is 9.33. The fourth-order valence-electron chi connectivity index (χ4n) is 4.12. The Labute approximate surface area is 167 Å². The number of carbonyl (C=O) groups excluding carboxylic acids is 1. The first-order valence-electron chi connectivity index (χ1n) is 9.64. The lowest BCUT2D eigenvalue weighted by Crippen LogP contribution is -2.46. The Morgan fingerprint density at radius 1 is 1.18 bits per heavy atom. The number of rotatable bonds is 4. The summed E-state index contributed by atoms with van der Waals surface area (Å²) in [5.41, 5.74) is -0.832. The first-order chi connectivity index (χ1) is 12.9. The topological polar surface area (TPSA) is 104 Å². The van der Waals surface area contributed by atoms with Gasteiger partial charge in [0.15, 0.2) is 11.7 Å². The van der Waals surface area contributed by atoms with Crippen molar-refractivity contribution in [2.24, 2.45) is 5.92 Å². The van der Waals surface area contributed by atoms with Gasteiger partial charge in [0.25, 0.3) is 0 Å². The molecule has 2 unspecified atom stereocenters. The summed E-state index contributed by atoms with van der Waals surface area (Å²) in [4.78, 5) is 12.9. The van der Waals surface area contributed by atoms with Crippen LogP contribution in [0, 0.1) is 5.92 Å². The molecule has 158 valence electrons. The predicted molar refractivity (Wildman–Crippen MR) is 104 cm³/mol. The third-order valence-electron chi connectivity index (χ3n) is 5.50. The molecule has 28 heavy (non-hydrogen) atoms. The monoisotopic (exact) mass is 413 g/mol. The van der Waals surface area contributed by atoms with Crippen molar-refractivity contribution in [1.82, 2.24) is 0 Å². The Kier molecular flexibility index (Phi) is 7.25. The molecule has 0 amide bonds. The third-order valence-corrected chi connectivity index (χ3v) is 5.50. The first kappa shape index (κ1) is 22.8. The number of hydrogen-bond donors (Lipinski definition) is 1. The highest BCUT2D eigenvalue weighted by Gasteiger charge is 2.49. The molecule has 1 aliphatic carbocycles. The summed E-state index contributed by atoms with van der Waals surface area (Å²) in [7, 11) is 0.377. The fourth-order valence-corrected chi connectivity index (χ4v) is 4.12. The van der Waals surface area contributed by atoms with Crippen molar-refractivity contribution in [3.63, 3.8) is 0 Å². The zero-order valence-corrected chi connectivity index (χ0v) is 17.7. The molecular weight excluding hydrogens is 382 g/mol. The van der Waals surface area contributed by atoms with Gasteiger partial charge in [-0.25, -0.2) is 13.2 Å². The van der Waals surface area contributed by atoms with Crippen LogP contribution in [0.25, 0.3) is 0 Å². The Balaban J connectivity index is 0.000000500. The lowest BCUT2D eigenvalue weighted by atomic mass is 9.80. The van der Waals surface area contributed by atoms with E-state index in [0.717, 1.165) is 49.7 Å². The zero-order chi connectivity index (χ0) is 21.0. The van der Waals surface area contributed by atoms with E-state index in [-0.39, 0.29) is 12.0 Å². The van der Waals surface area contributed by atoms with Crippen LogP contribution in [0.15, 0.2) is 30.3 Å². The van der Waals surface area contributed by atoms with Crippen LogP contribution in [0.1, 0.15) is 37.7 Å². The number of aliphatic hydroxyl groups is 1. The predicted octanol–water partition coefficient (Wildman–Crippen LogP) is 1.62. The lowest BCUT2D eigenvalue weighted by molar-refractivity contribution is -0.879. The number of ether oxygens (including phenoxy) is 1. The Hall–Kier alpha value is -1.48. The normalized spacial score (nSPS) is 24.1. The third kappa shape index (κ3) is 6.27. The van der Waals surface area contributed by atoms with Gasteiger partial charge in [-0.3, -0.25) is 0 Å². The van der Waals surface area contributed by atoms with Crippen LogP contribution in [-0.2, 0) is 25.3 Å². The van der Waals surface area contributed by atoms with Gasteiger partial charge in [-0.05, 0) is 18.4 Å². The van der Waals surface area contributed by atoms with Gasteiger partial charge >= 0.3 is 5.97 Å². The molecule has 1 heterocycles. The van der Waals surface area contributed by atoms with E-state index in [9.17, 15) is 9.90 Å². The van der Waals surface area contributed by atoms with Crippen LogP contribution in [0.3, 0.4) is 0 Å². The number of likely N-dealkylation sites (tertiary alicyclic amines) is 1. The standard InChI is InChI=1S/C19H28NO3.CH4O3S/c1-20(2)13-12-17(14-20)23-18(21)19(22,16-10-6-7-11-16)15-8-4-3-5-9-15;1-5(2,3)4/h3-5,8-9,16-17,22H,6-7,10-14H2,1-2H3;1H3,(H,2,3,4)/q+1;/p-1. The van der Waals surface area contributed by atoms with Crippen LogP contribution < -0.4 is 0 Å². The minimum Gasteiger partial charge on any atom is -0.748 e. The van der Waals surface area contributed by atoms with Gasteiger partial charge in [-0.15, -0.1) is 0 Å². The maximum absolute atomic E-state index is 12.9. The highest BCUT2D eigenvalue weighted by Crippen LogP contribution is 2.42. The van der Waals surface area contributed by atoms with Crippen LogP contribution in [0.5, 0.6) is 0 Å². The fraction of sp³-hybridized carbons (Fsp3) is 0.650. The minimum atomic E-state index is -3.92. The molecule has 8 heteroatoms. The van der Waals surface area contributed by atoms with Gasteiger partial charge in [-0.1, -0.05) is 43.2 Å². The molecular formula is C20H31NO6S. The molecule has 2 aliphatic rings. The Bertz CT molecular complexity index is 750. The van der Waals surface area contributed by atoms with Crippen molar-refractivity contribution in [2.45, 2.75) is 43.8 Å². The number of likely N-dealkylation sites (N-methyl/N-ethyl adjacent to an activating group) is 1. The first-order valence-corrected chi connectivity index (χ1v) is 11.5. The zero-order valence-electron chi connectivity index (χ0n) is 16.8. The molecule has 0 bridgehead atoms. The second-order valence-electron chi connectivity index (χ2n) is 8.48. The second kappa shape index (κ2) is 8.90. The lowest BCUT2D eigenvalue weighted by Gasteiger charge is -2.33. The van der Waals surface area contributed by atoms with E-state index in [1.54, 1.807) is 0 Å². The van der Waals surface area contributed by atoms with E-state index in [1.165, 1.54) is 0 Å². The highest BCUT2D eigenvalue weighted by atomic mass is 32.2. The van der Waals surface area contributed by atoms with Crippen LogP contribution in [0.2, 0.25) is 0 Å². The summed E-state index contributed by atoms with van der Waals surface area (Å²) in [6.07, 6.45) is 5.29. The summed E-state index contributed by atoms with van der Waals surface area (Å²) in [5.74, 6) is -0.496. The number of nitrogens with zero attached hydrogens (tertiary/aromatic N) is 1. The van der Waals surface area contributed by atoms with E-state index in [0.29, 0.717) is 11.8 Å². The van der Waals surface area contributed by atoms with E-state index >= 15 is 0 Å². The van der Waals surface area contributed by atoms with Gasteiger partial charge < -0.3 is 18.9 Å². The Morgan fingerprint density at radius 2 is 1.71 bits per heavy atom. The largest absolute Gasteiger partial charge is 0.748 e. The number of carbonyl (C=O) groups is 1. The van der Waals surface area contributed by atoms with Crippen molar-refractivity contribution in [3.8, 4) is 0 Å². The van der Waals surface area contributed by atoms with Gasteiger partial charge in [0.1, 0.15) is 6.54 Å². The molecule has 1 aromatic carbocycles. The molecule has 2 atom stereocenters. The maximum Gasteiger partial charge on any atom is 0.343 e. The number of hydrogen-bond acceptors (Lipinski definition) is 6. The molecule has 1 aliphatic heterocycles.